The zero-order chi connectivity index (χ0) is 15.0. The van der Waals surface area contributed by atoms with Crippen molar-refractivity contribution < 1.29 is 9.15 Å². The van der Waals surface area contributed by atoms with E-state index in [0.29, 0.717) is 16.4 Å². The molecule has 0 aliphatic carbocycles. The molecule has 0 bridgehead atoms. The lowest BCUT2D eigenvalue weighted by molar-refractivity contribution is 0.293. The zero-order valence-electron chi connectivity index (χ0n) is 11.6. The summed E-state index contributed by atoms with van der Waals surface area (Å²) in [6, 6.07) is 9.37. The number of aromatic nitrogens is 2. The summed E-state index contributed by atoms with van der Waals surface area (Å²) < 4.78 is 12.9. The van der Waals surface area contributed by atoms with Gasteiger partial charge in [0.2, 0.25) is 5.76 Å². The van der Waals surface area contributed by atoms with Crippen molar-refractivity contribution in [1.82, 2.24) is 9.78 Å². The van der Waals surface area contributed by atoms with Crippen LogP contribution in [0.15, 0.2) is 28.7 Å². The molecule has 6 heteroatoms. The summed E-state index contributed by atoms with van der Waals surface area (Å²) in [6.07, 6.45) is 0. The monoisotopic (exact) mass is 301 g/mol. The quantitative estimate of drug-likeness (QED) is 0.741. The molecule has 2 heterocycles. The number of hydrogen-bond acceptors (Lipinski definition) is 4. The summed E-state index contributed by atoms with van der Waals surface area (Å²) in [7, 11) is 1.80. The van der Waals surface area contributed by atoms with E-state index in [2.05, 4.69) is 5.10 Å². The first-order valence-electron chi connectivity index (χ1n) is 6.34. The first-order chi connectivity index (χ1) is 10.1. The highest BCUT2D eigenvalue weighted by molar-refractivity contribution is 6.31. The second-order valence-electron chi connectivity index (χ2n) is 4.63. The summed E-state index contributed by atoms with van der Waals surface area (Å²) >= 11 is 6.19. The number of benzene rings is 1. The van der Waals surface area contributed by atoms with Gasteiger partial charge in [0.15, 0.2) is 5.75 Å². The Balaban J connectivity index is 1.97. The topological polar surface area (TPSA) is 64.0 Å². The third-order valence-electron chi connectivity index (χ3n) is 3.27. The van der Waals surface area contributed by atoms with Crippen molar-refractivity contribution in [2.24, 2.45) is 7.05 Å². The van der Waals surface area contributed by atoms with Crippen LogP contribution in [-0.2, 0) is 13.7 Å². The van der Waals surface area contributed by atoms with E-state index in [0.717, 1.165) is 16.8 Å². The van der Waals surface area contributed by atoms with Crippen molar-refractivity contribution >= 4 is 22.6 Å². The normalized spacial score (nSPS) is 10.8. The molecule has 0 aliphatic heterocycles. The number of rotatable bonds is 3. The van der Waals surface area contributed by atoms with Gasteiger partial charge in [-0.2, -0.15) is 10.4 Å². The van der Waals surface area contributed by atoms with Crippen molar-refractivity contribution in [3.05, 3.63) is 46.4 Å². The number of para-hydroxylation sites is 1. The minimum Gasteiger partial charge on any atom is -0.482 e. The maximum atomic E-state index is 9.16. The Morgan fingerprint density at radius 3 is 2.86 bits per heavy atom. The van der Waals surface area contributed by atoms with Gasteiger partial charge in [0.25, 0.3) is 0 Å². The lowest BCUT2D eigenvalue weighted by Gasteiger charge is -2.05. The fourth-order valence-electron chi connectivity index (χ4n) is 2.22. The van der Waals surface area contributed by atoms with Crippen LogP contribution in [0.2, 0.25) is 5.02 Å². The average molecular weight is 302 g/mol. The molecule has 3 rings (SSSR count). The Kier molecular flexibility index (Phi) is 3.32. The molecule has 5 nitrogen and oxygen atoms in total. The van der Waals surface area contributed by atoms with E-state index in [-0.39, 0.29) is 12.4 Å². The third-order valence-corrected chi connectivity index (χ3v) is 3.76. The van der Waals surface area contributed by atoms with Crippen LogP contribution in [0.1, 0.15) is 17.1 Å². The van der Waals surface area contributed by atoms with Gasteiger partial charge >= 0.3 is 0 Å². The smallest absolute Gasteiger partial charge is 0.246 e. The second kappa shape index (κ2) is 5.15. The fraction of sp³-hybridized carbons (Fsp3) is 0.200. The SMILES string of the molecule is Cc1nn(C)c(COc2c(C#N)oc3ccccc23)c1Cl. The van der Waals surface area contributed by atoms with Crippen LogP contribution >= 0.6 is 11.6 Å². The van der Waals surface area contributed by atoms with Crippen LogP contribution in [0.5, 0.6) is 5.75 Å². The number of fused-ring (bicyclic) bond motifs is 1. The van der Waals surface area contributed by atoms with Crippen molar-refractivity contribution in [2.75, 3.05) is 0 Å². The van der Waals surface area contributed by atoms with Gasteiger partial charge in [-0.15, -0.1) is 0 Å². The molecule has 3 aromatic rings. The highest BCUT2D eigenvalue weighted by Gasteiger charge is 2.17. The summed E-state index contributed by atoms with van der Waals surface area (Å²) in [6.45, 7) is 2.05. The van der Waals surface area contributed by atoms with Crippen LogP contribution in [0, 0.1) is 18.3 Å². The molecule has 0 aliphatic rings. The lowest BCUT2D eigenvalue weighted by Crippen LogP contribution is -2.04. The molecule has 0 saturated heterocycles. The van der Waals surface area contributed by atoms with Gasteiger partial charge in [-0.3, -0.25) is 4.68 Å². The fourth-order valence-corrected chi connectivity index (χ4v) is 2.43. The molecule has 2 aromatic heterocycles. The van der Waals surface area contributed by atoms with Gasteiger partial charge < -0.3 is 9.15 Å². The second-order valence-corrected chi connectivity index (χ2v) is 5.00. The summed E-state index contributed by atoms with van der Waals surface area (Å²) in [5.74, 6) is 0.592. The van der Waals surface area contributed by atoms with Gasteiger partial charge in [0, 0.05) is 7.05 Å². The number of furan rings is 1. The van der Waals surface area contributed by atoms with E-state index >= 15 is 0 Å². The van der Waals surface area contributed by atoms with Gasteiger partial charge in [-0.05, 0) is 19.1 Å². The van der Waals surface area contributed by atoms with Gasteiger partial charge in [-0.1, -0.05) is 23.7 Å². The largest absolute Gasteiger partial charge is 0.482 e. The van der Waals surface area contributed by atoms with E-state index in [1.807, 2.05) is 31.2 Å². The summed E-state index contributed by atoms with van der Waals surface area (Å²) in [5, 5.41) is 14.7. The van der Waals surface area contributed by atoms with Crippen molar-refractivity contribution in [3.8, 4) is 11.8 Å². The minimum absolute atomic E-state index is 0.159. The van der Waals surface area contributed by atoms with Crippen LogP contribution in [0.3, 0.4) is 0 Å². The van der Waals surface area contributed by atoms with Crippen LogP contribution in [-0.4, -0.2) is 9.78 Å². The van der Waals surface area contributed by atoms with Crippen LogP contribution < -0.4 is 4.74 Å². The van der Waals surface area contributed by atoms with E-state index in [1.54, 1.807) is 17.8 Å². The van der Waals surface area contributed by atoms with Crippen LogP contribution in [0.25, 0.3) is 11.0 Å². The minimum atomic E-state index is 0.159. The third kappa shape index (κ3) is 2.24. The van der Waals surface area contributed by atoms with E-state index in [4.69, 9.17) is 26.0 Å². The highest BCUT2D eigenvalue weighted by Crippen LogP contribution is 2.33. The lowest BCUT2D eigenvalue weighted by atomic mass is 10.2. The van der Waals surface area contributed by atoms with Gasteiger partial charge in [0.05, 0.1) is 21.8 Å². The highest BCUT2D eigenvalue weighted by atomic mass is 35.5. The molecule has 0 amide bonds. The zero-order valence-corrected chi connectivity index (χ0v) is 12.3. The molecule has 0 atom stereocenters. The van der Waals surface area contributed by atoms with Crippen molar-refractivity contribution in [1.29, 1.82) is 5.26 Å². The van der Waals surface area contributed by atoms with E-state index in [1.165, 1.54) is 0 Å². The molecule has 0 radical (unpaired) electrons. The number of aryl methyl sites for hydroxylation is 2. The average Bonchev–Trinajstić information content (AvgIpc) is 2.95. The van der Waals surface area contributed by atoms with E-state index < -0.39 is 0 Å². The predicted octanol–water partition coefficient (Wildman–Crippen LogP) is 3.58. The number of nitriles is 1. The molecular formula is C15H12ClN3O2. The standard InChI is InChI=1S/C15H12ClN3O2/c1-9-14(16)11(19(2)18-9)8-20-15-10-5-3-4-6-12(10)21-13(15)7-17/h3-6H,8H2,1-2H3. The van der Waals surface area contributed by atoms with Crippen molar-refractivity contribution in [3.63, 3.8) is 0 Å². The molecule has 106 valence electrons. The number of halogens is 1. The maximum Gasteiger partial charge on any atom is 0.246 e. The molecular weight excluding hydrogens is 290 g/mol. The van der Waals surface area contributed by atoms with Crippen LogP contribution in [0.4, 0.5) is 0 Å². The maximum absolute atomic E-state index is 9.16. The molecule has 0 saturated carbocycles. The molecule has 0 fully saturated rings. The first-order valence-corrected chi connectivity index (χ1v) is 6.72. The number of nitrogens with zero attached hydrogens (tertiary/aromatic N) is 3. The predicted molar refractivity (Wildman–Crippen MR) is 78.2 cm³/mol. The molecule has 0 N–H and O–H groups in total. The number of hydrogen-bond donors (Lipinski definition) is 0. The van der Waals surface area contributed by atoms with Gasteiger partial charge in [-0.25, -0.2) is 0 Å². The summed E-state index contributed by atoms with van der Waals surface area (Å²) in [5.41, 5.74) is 2.12. The van der Waals surface area contributed by atoms with E-state index in [9.17, 15) is 0 Å². The number of ether oxygens (including phenoxy) is 1. The molecule has 21 heavy (non-hydrogen) atoms. The molecule has 1 aromatic carbocycles. The Bertz CT molecular complexity index is 858. The Labute approximate surface area is 126 Å². The first kappa shape index (κ1) is 13.5. The Morgan fingerprint density at radius 2 is 2.19 bits per heavy atom. The molecule has 0 unspecified atom stereocenters. The van der Waals surface area contributed by atoms with Gasteiger partial charge in [0.1, 0.15) is 18.3 Å². The van der Waals surface area contributed by atoms with Crippen molar-refractivity contribution in [2.45, 2.75) is 13.5 Å². The summed E-state index contributed by atoms with van der Waals surface area (Å²) in [4.78, 5) is 0. The molecule has 0 spiro atoms. The Hall–Kier alpha value is -2.45. The Morgan fingerprint density at radius 1 is 1.43 bits per heavy atom.